The van der Waals surface area contributed by atoms with E-state index in [1.165, 1.54) is 25.7 Å². The van der Waals surface area contributed by atoms with Crippen molar-refractivity contribution < 1.29 is 4.79 Å². The van der Waals surface area contributed by atoms with Gasteiger partial charge in [-0.2, -0.15) is 0 Å². The van der Waals surface area contributed by atoms with E-state index >= 15 is 0 Å². The van der Waals surface area contributed by atoms with Gasteiger partial charge in [-0.05, 0) is 5.92 Å². The zero-order valence-electron chi connectivity index (χ0n) is 7.55. The molecule has 1 heterocycles. The molecule has 1 radical (unpaired) electrons. The summed E-state index contributed by atoms with van der Waals surface area (Å²) in [5.41, 5.74) is 0.534. The van der Waals surface area contributed by atoms with Gasteiger partial charge < -0.3 is 4.98 Å². The third-order valence-electron chi connectivity index (χ3n) is 2.68. The summed E-state index contributed by atoms with van der Waals surface area (Å²) in [7, 11) is 0. The molecule has 1 saturated carbocycles. The first-order chi connectivity index (χ1) is 6.36. The molecular weight excluding hydrogens is 164 g/mol. The van der Waals surface area contributed by atoms with E-state index in [-0.39, 0.29) is 5.78 Å². The molecule has 0 spiro atoms. The summed E-state index contributed by atoms with van der Waals surface area (Å²) in [6, 6.07) is 0. The highest BCUT2D eigenvalue weighted by atomic mass is 16.1. The first kappa shape index (κ1) is 8.48. The van der Waals surface area contributed by atoms with Crippen molar-refractivity contribution in [1.29, 1.82) is 0 Å². The first-order valence-electron chi connectivity index (χ1n) is 4.81. The van der Waals surface area contributed by atoms with Gasteiger partial charge >= 0.3 is 0 Å². The predicted molar refractivity (Wildman–Crippen MR) is 48.3 cm³/mol. The van der Waals surface area contributed by atoms with Crippen molar-refractivity contribution in [2.75, 3.05) is 0 Å². The van der Waals surface area contributed by atoms with Crippen molar-refractivity contribution in [2.24, 2.45) is 5.92 Å². The minimum atomic E-state index is 0.157. The van der Waals surface area contributed by atoms with Crippen LogP contribution in [0.2, 0.25) is 0 Å². The van der Waals surface area contributed by atoms with Crippen molar-refractivity contribution in [3.8, 4) is 0 Å². The van der Waals surface area contributed by atoms with Gasteiger partial charge in [0.15, 0.2) is 12.1 Å². The summed E-state index contributed by atoms with van der Waals surface area (Å²) in [5.74, 6) is 0.758. The molecule has 2 rings (SSSR count). The van der Waals surface area contributed by atoms with Crippen molar-refractivity contribution in [1.82, 2.24) is 9.97 Å². The molecule has 1 N–H and O–H groups in total. The van der Waals surface area contributed by atoms with Crippen molar-refractivity contribution >= 4 is 5.78 Å². The van der Waals surface area contributed by atoms with Gasteiger partial charge in [-0.1, -0.05) is 25.7 Å². The molecule has 1 aromatic rings. The summed E-state index contributed by atoms with van der Waals surface area (Å²) in [5, 5.41) is 0. The number of carbonyl (C=O) groups excluding carboxylic acids is 1. The number of hydrogen-bond donors (Lipinski definition) is 1. The van der Waals surface area contributed by atoms with Gasteiger partial charge in [0.1, 0.15) is 5.69 Å². The van der Waals surface area contributed by atoms with Crippen LogP contribution in [0.25, 0.3) is 0 Å². The third-order valence-corrected chi connectivity index (χ3v) is 2.68. The van der Waals surface area contributed by atoms with Gasteiger partial charge in [-0.25, -0.2) is 4.98 Å². The molecule has 0 saturated heterocycles. The first-order valence-corrected chi connectivity index (χ1v) is 4.81. The standard InChI is InChI=1S/C10H13N2O/c13-10(9-6-11-7-12-9)5-8-3-1-2-4-8/h6,8H,1-5H2,(H,11,12). The van der Waals surface area contributed by atoms with Crippen LogP contribution in [0, 0.1) is 12.2 Å². The number of Topliss-reactive ketones (excluding diaryl/α,β-unsaturated/α-hetero) is 1. The highest BCUT2D eigenvalue weighted by Crippen LogP contribution is 2.28. The number of nitrogens with zero attached hydrogens (tertiary/aromatic N) is 1. The molecule has 1 aliphatic rings. The fraction of sp³-hybridized carbons (Fsp3) is 0.600. The second kappa shape index (κ2) is 3.73. The Morgan fingerprint density at radius 3 is 3.00 bits per heavy atom. The fourth-order valence-corrected chi connectivity index (χ4v) is 1.95. The van der Waals surface area contributed by atoms with E-state index in [0.29, 0.717) is 18.0 Å². The minimum absolute atomic E-state index is 0.157. The lowest BCUT2D eigenvalue weighted by molar-refractivity contribution is 0.0957. The largest absolute Gasteiger partial charge is 0.341 e. The molecule has 13 heavy (non-hydrogen) atoms. The normalized spacial score (nSPS) is 17.8. The Balaban J connectivity index is 1.91. The molecule has 1 fully saturated rings. The molecule has 0 atom stereocenters. The maximum Gasteiger partial charge on any atom is 0.183 e. The number of ketones is 1. The zero-order chi connectivity index (χ0) is 9.10. The van der Waals surface area contributed by atoms with Gasteiger partial charge in [0, 0.05) is 12.6 Å². The van der Waals surface area contributed by atoms with Crippen LogP contribution in [-0.4, -0.2) is 15.8 Å². The fourth-order valence-electron chi connectivity index (χ4n) is 1.95. The number of imidazole rings is 1. The highest BCUT2D eigenvalue weighted by Gasteiger charge is 2.19. The molecule has 0 bridgehead atoms. The summed E-state index contributed by atoms with van der Waals surface area (Å²) in [4.78, 5) is 18.1. The molecule has 1 aliphatic carbocycles. The van der Waals surface area contributed by atoms with E-state index in [1.807, 2.05) is 0 Å². The predicted octanol–water partition coefficient (Wildman–Crippen LogP) is 1.97. The van der Waals surface area contributed by atoms with Crippen LogP contribution in [0.5, 0.6) is 0 Å². The molecule has 3 heteroatoms. The molecule has 69 valence electrons. The van der Waals surface area contributed by atoms with Gasteiger partial charge in [0.25, 0.3) is 0 Å². The van der Waals surface area contributed by atoms with Crippen LogP contribution >= 0.6 is 0 Å². The van der Waals surface area contributed by atoms with Gasteiger partial charge in [-0.3, -0.25) is 4.79 Å². The molecule has 3 nitrogen and oxygen atoms in total. The molecule has 0 unspecified atom stereocenters. The Kier molecular flexibility index (Phi) is 2.43. The van der Waals surface area contributed by atoms with Crippen LogP contribution in [0.15, 0.2) is 6.20 Å². The number of rotatable bonds is 3. The number of hydrogen-bond acceptors (Lipinski definition) is 2. The summed E-state index contributed by atoms with van der Waals surface area (Å²) in [6.45, 7) is 0. The molecule has 0 aliphatic heterocycles. The molecule has 0 amide bonds. The lowest BCUT2D eigenvalue weighted by Crippen LogP contribution is -2.05. The lowest BCUT2D eigenvalue weighted by Gasteiger charge is -2.04. The van der Waals surface area contributed by atoms with Crippen molar-refractivity contribution in [2.45, 2.75) is 32.1 Å². The van der Waals surface area contributed by atoms with E-state index in [0.717, 1.165) is 0 Å². The lowest BCUT2D eigenvalue weighted by atomic mass is 10.00. The van der Waals surface area contributed by atoms with E-state index in [4.69, 9.17) is 0 Å². The smallest absolute Gasteiger partial charge is 0.183 e. The Hall–Kier alpha value is -1.12. The SMILES string of the molecule is O=C(CC1CCCC1)c1c[nH][c]n1. The maximum atomic E-state index is 11.6. The number of nitrogens with one attached hydrogen (secondary N) is 1. The van der Waals surface area contributed by atoms with E-state index < -0.39 is 0 Å². The Morgan fingerprint density at radius 1 is 1.62 bits per heavy atom. The Bertz CT molecular complexity index is 273. The number of aromatic amines is 1. The van der Waals surface area contributed by atoms with Gasteiger partial charge in [-0.15, -0.1) is 0 Å². The Morgan fingerprint density at radius 2 is 2.38 bits per heavy atom. The average Bonchev–Trinajstić information content (AvgIpc) is 2.74. The van der Waals surface area contributed by atoms with Gasteiger partial charge in [0.05, 0.1) is 0 Å². The highest BCUT2D eigenvalue weighted by molar-refractivity contribution is 5.94. The van der Waals surface area contributed by atoms with Crippen LogP contribution < -0.4 is 0 Å². The minimum Gasteiger partial charge on any atom is -0.341 e. The summed E-state index contributed by atoms with van der Waals surface area (Å²) in [6.07, 6.45) is 9.81. The monoisotopic (exact) mass is 177 g/mol. The van der Waals surface area contributed by atoms with E-state index in [1.54, 1.807) is 6.20 Å². The van der Waals surface area contributed by atoms with Crippen LogP contribution in [0.1, 0.15) is 42.6 Å². The van der Waals surface area contributed by atoms with Crippen LogP contribution in [0.3, 0.4) is 0 Å². The topological polar surface area (TPSA) is 45.8 Å². The molecule has 1 aromatic heterocycles. The molecular formula is C10H13N2O. The van der Waals surface area contributed by atoms with E-state index in [2.05, 4.69) is 16.3 Å². The second-order valence-corrected chi connectivity index (χ2v) is 3.68. The molecule has 0 aromatic carbocycles. The van der Waals surface area contributed by atoms with Crippen LogP contribution in [0.4, 0.5) is 0 Å². The van der Waals surface area contributed by atoms with E-state index in [9.17, 15) is 4.79 Å². The number of H-pyrrole nitrogens is 1. The summed E-state index contributed by atoms with van der Waals surface area (Å²) >= 11 is 0. The van der Waals surface area contributed by atoms with Crippen molar-refractivity contribution in [3.63, 3.8) is 0 Å². The van der Waals surface area contributed by atoms with Crippen LogP contribution in [-0.2, 0) is 0 Å². The second-order valence-electron chi connectivity index (χ2n) is 3.68. The number of aromatic nitrogens is 2. The average molecular weight is 177 g/mol. The third kappa shape index (κ3) is 1.97. The maximum absolute atomic E-state index is 11.6. The Labute approximate surface area is 77.6 Å². The quantitative estimate of drug-likeness (QED) is 0.717. The zero-order valence-corrected chi connectivity index (χ0v) is 7.55. The van der Waals surface area contributed by atoms with Gasteiger partial charge in [0.2, 0.25) is 0 Å². The van der Waals surface area contributed by atoms with Crippen molar-refractivity contribution in [3.05, 3.63) is 18.2 Å². The number of carbonyl (C=O) groups is 1. The summed E-state index contributed by atoms with van der Waals surface area (Å²) < 4.78 is 0.